The molecule has 3 aromatic rings. The first-order chi connectivity index (χ1) is 13.1. The second kappa shape index (κ2) is 8.62. The van der Waals surface area contributed by atoms with Crippen molar-refractivity contribution >= 4 is 16.7 Å². The number of aliphatic hydroxyl groups excluding tert-OH is 1. The number of aliphatic hydroxyl groups is 1. The lowest BCUT2D eigenvalue weighted by molar-refractivity contribution is -0.119. The van der Waals surface area contributed by atoms with Crippen LogP contribution in [0.1, 0.15) is 37.4 Å². The Kier molecular flexibility index (Phi) is 6.01. The summed E-state index contributed by atoms with van der Waals surface area (Å²) in [5, 5.41) is 10.6. The Morgan fingerprint density at radius 3 is 2.67 bits per heavy atom. The number of hydrogen-bond donors (Lipinski definition) is 1. The van der Waals surface area contributed by atoms with E-state index in [1.165, 1.54) is 0 Å². The van der Waals surface area contributed by atoms with Gasteiger partial charge in [-0.2, -0.15) is 0 Å². The van der Waals surface area contributed by atoms with E-state index in [1.54, 1.807) is 0 Å². The molecule has 0 saturated carbocycles. The smallest absolute Gasteiger partial charge is 0.137 e. The van der Waals surface area contributed by atoms with Gasteiger partial charge in [0.2, 0.25) is 0 Å². The summed E-state index contributed by atoms with van der Waals surface area (Å²) in [6, 6.07) is 17.8. The molecule has 0 bridgehead atoms. The number of fused-ring (bicyclic) bond motifs is 1. The zero-order chi connectivity index (χ0) is 19.2. The van der Waals surface area contributed by atoms with E-state index in [-0.39, 0.29) is 5.78 Å². The van der Waals surface area contributed by atoms with Crippen LogP contribution >= 0.6 is 0 Å². The second-order valence-electron chi connectivity index (χ2n) is 6.74. The van der Waals surface area contributed by atoms with Gasteiger partial charge in [-0.15, -0.1) is 6.42 Å². The minimum Gasteiger partial charge on any atom is -0.393 e. The minimum absolute atomic E-state index is 0.137. The van der Waals surface area contributed by atoms with E-state index >= 15 is 0 Å². The van der Waals surface area contributed by atoms with Crippen LogP contribution in [0.3, 0.4) is 0 Å². The van der Waals surface area contributed by atoms with Gasteiger partial charge in [-0.3, -0.25) is 4.79 Å². The fourth-order valence-corrected chi connectivity index (χ4v) is 3.13. The molecule has 0 aliphatic heterocycles. The topological polar surface area (TPSA) is 50.2 Å². The Balaban J connectivity index is 1.88. The summed E-state index contributed by atoms with van der Waals surface area (Å²) in [6.45, 7) is 1.92. The molecule has 0 aliphatic carbocycles. The SMILES string of the molecule is C#Cc1nc2ccc(CC(=O)CCC(O)CC)cc2cc1-c1ccccc1. The third kappa shape index (κ3) is 4.61. The van der Waals surface area contributed by atoms with Gasteiger partial charge < -0.3 is 5.11 Å². The van der Waals surface area contributed by atoms with Gasteiger partial charge in [0.25, 0.3) is 0 Å². The van der Waals surface area contributed by atoms with Crippen molar-refractivity contribution in [1.29, 1.82) is 0 Å². The second-order valence-corrected chi connectivity index (χ2v) is 6.74. The number of Topliss-reactive ketones (excluding diaryl/α,β-unsaturated/α-hetero) is 1. The van der Waals surface area contributed by atoms with E-state index < -0.39 is 6.10 Å². The number of carbonyl (C=O) groups excluding carboxylic acids is 1. The Morgan fingerprint density at radius 2 is 1.96 bits per heavy atom. The number of ketones is 1. The third-order valence-corrected chi connectivity index (χ3v) is 4.73. The average molecular weight is 357 g/mol. The van der Waals surface area contributed by atoms with Crippen LogP contribution < -0.4 is 0 Å². The van der Waals surface area contributed by atoms with Crippen molar-refractivity contribution < 1.29 is 9.90 Å². The molecule has 0 saturated heterocycles. The van der Waals surface area contributed by atoms with Crippen LogP contribution in [0.25, 0.3) is 22.0 Å². The van der Waals surface area contributed by atoms with Crippen molar-refractivity contribution in [3.63, 3.8) is 0 Å². The molecule has 1 unspecified atom stereocenters. The molecule has 2 aromatic carbocycles. The molecule has 0 spiro atoms. The molecule has 136 valence electrons. The van der Waals surface area contributed by atoms with Gasteiger partial charge in [0, 0.05) is 23.8 Å². The summed E-state index contributed by atoms with van der Waals surface area (Å²) in [6.07, 6.45) is 7.23. The summed E-state index contributed by atoms with van der Waals surface area (Å²) in [4.78, 5) is 16.8. The zero-order valence-corrected chi connectivity index (χ0v) is 15.5. The van der Waals surface area contributed by atoms with Crippen LogP contribution in [0.5, 0.6) is 0 Å². The highest BCUT2D eigenvalue weighted by atomic mass is 16.3. The summed E-state index contributed by atoms with van der Waals surface area (Å²) in [7, 11) is 0. The third-order valence-electron chi connectivity index (χ3n) is 4.73. The average Bonchev–Trinajstić information content (AvgIpc) is 2.71. The van der Waals surface area contributed by atoms with Gasteiger partial charge in [-0.25, -0.2) is 4.98 Å². The first-order valence-corrected chi connectivity index (χ1v) is 9.26. The van der Waals surface area contributed by atoms with E-state index in [2.05, 4.69) is 10.9 Å². The highest BCUT2D eigenvalue weighted by Gasteiger charge is 2.11. The summed E-state index contributed by atoms with van der Waals surface area (Å²) < 4.78 is 0. The van der Waals surface area contributed by atoms with Crippen LogP contribution in [0.2, 0.25) is 0 Å². The van der Waals surface area contributed by atoms with E-state index in [0.29, 0.717) is 31.4 Å². The lowest BCUT2D eigenvalue weighted by Gasteiger charge is -2.09. The van der Waals surface area contributed by atoms with E-state index in [0.717, 1.165) is 27.6 Å². The van der Waals surface area contributed by atoms with Crippen LogP contribution in [-0.4, -0.2) is 22.0 Å². The molecular formula is C24H23NO2. The van der Waals surface area contributed by atoms with Crippen molar-refractivity contribution in [2.45, 2.75) is 38.7 Å². The lowest BCUT2D eigenvalue weighted by atomic mass is 9.98. The Morgan fingerprint density at radius 1 is 1.19 bits per heavy atom. The molecule has 3 rings (SSSR count). The van der Waals surface area contributed by atoms with Gasteiger partial charge in [-0.1, -0.05) is 43.3 Å². The molecule has 0 radical (unpaired) electrons. The molecule has 27 heavy (non-hydrogen) atoms. The fourth-order valence-electron chi connectivity index (χ4n) is 3.13. The van der Waals surface area contributed by atoms with Crippen molar-refractivity contribution in [2.24, 2.45) is 0 Å². The highest BCUT2D eigenvalue weighted by Crippen LogP contribution is 2.27. The number of nitrogens with zero attached hydrogens (tertiary/aromatic N) is 1. The lowest BCUT2D eigenvalue weighted by Crippen LogP contribution is -2.10. The number of terminal acetylenes is 1. The molecule has 1 N–H and O–H groups in total. The largest absolute Gasteiger partial charge is 0.393 e. The van der Waals surface area contributed by atoms with Gasteiger partial charge in [-0.05, 0) is 48.1 Å². The van der Waals surface area contributed by atoms with Crippen LogP contribution in [0.15, 0.2) is 54.6 Å². The summed E-state index contributed by atoms with van der Waals surface area (Å²) >= 11 is 0. The molecular weight excluding hydrogens is 334 g/mol. The van der Waals surface area contributed by atoms with Gasteiger partial charge in [0.15, 0.2) is 0 Å². The predicted octanol–water partition coefficient (Wildman–Crippen LogP) is 4.55. The predicted molar refractivity (Wildman–Crippen MR) is 109 cm³/mol. The molecule has 3 nitrogen and oxygen atoms in total. The van der Waals surface area contributed by atoms with Crippen LogP contribution in [0, 0.1) is 12.3 Å². The Bertz CT molecular complexity index is 986. The first kappa shape index (κ1) is 18.8. The highest BCUT2D eigenvalue weighted by molar-refractivity contribution is 5.88. The Hall–Kier alpha value is -2.96. The molecule has 0 aliphatic rings. The van der Waals surface area contributed by atoms with Crippen molar-refractivity contribution in [3.05, 3.63) is 65.9 Å². The van der Waals surface area contributed by atoms with Crippen molar-refractivity contribution in [2.75, 3.05) is 0 Å². The number of pyridine rings is 1. The molecule has 1 atom stereocenters. The number of benzene rings is 2. The molecule has 1 heterocycles. The molecule has 0 fully saturated rings. The van der Waals surface area contributed by atoms with Crippen LogP contribution in [-0.2, 0) is 11.2 Å². The van der Waals surface area contributed by atoms with Crippen molar-refractivity contribution in [3.8, 4) is 23.5 Å². The maximum atomic E-state index is 12.2. The molecule has 0 amide bonds. The zero-order valence-electron chi connectivity index (χ0n) is 15.5. The summed E-state index contributed by atoms with van der Waals surface area (Å²) in [5.74, 6) is 2.81. The van der Waals surface area contributed by atoms with Gasteiger partial charge in [0.05, 0.1) is 11.6 Å². The monoisotopic (exact) mass is 357 g/mol. The standard InChI is InChI=1S/C24H23NO2/c1-3-20(26)11-12-21(27)15-17-10-13-24-19(14-17)16-22(23(4-2)25-24)18-8-6-5-7-9-18/h2,5-10,13-14,16,20,26H,3,11-12,15H2,1H3. The number of hydrogen-bond acceptors (Lipinski definition) is 3. The number of aromatic nitrogens is 1. The van der Waals surface area contributed by atoms with E-state index in [4.69, 9.17) is 6.42 Å². The van der Waals surface area contributed by atoms with E-state index in [9.17, 15) is 9.90 Å². The van der Waals surface area contributed by atoms with Gasteiger partial charge >= 0.3 is 0 Å². The van der Waals surface area contributed by atoms with Crippen molar-refractivity contribution in [1.82, 2.24) is 4.98 Å². The van der Waals surface area contributed by atoms with E-state index in [1.807, 2.05) is 61.5 Å². The van der Waals surface area contributed by atoms with Crippen LogP contribution in [0.4, 0.5) is 0 Å². The summed E-state index contributed by atoms with van der Waals surface area (Å²) in [5.41, 5.74) is 4.33. The van der Waals surface area contributed by atoms with Gasteiger partial charge in [0.1, 0.15) is 11.5 Å². The maximum Gasteiger partial charge on any atom is 0.137 e. The fraction of sp³-hybridized carbons (Fsp3) is 0.250. The Labute approximate surface area is 160 Å². The molecule has 1 aromatic heterocycles. The normalized spacial score (nSPS) is 11.9. The number of rotatable bonds is 7. The number of carbonyl (C=O) groups is 1. The quantitative estimate of drug-likeness (QED) is 0.631. The minimum atomic E-state index is -0.398. The first-order valence-electron chi connectivity index (χ1n) is 9.26. The maximum absolute atomic E-state index is 12.2. The molecule has 3 heteroatoms.